The van der Waals surface area contributed by atoms with Gasteiger partial charge in [0.05, 0.1) is 6.42 Å². The molecule has 1 rings (SSSR count). The molecule has 0 bridgehead atoms. The monoisotopic (exact) mass is 256 g/mol. The fourth-order valence-corrected chi connectivity index (χ4v) is 2.31. The van der Waals surface area contributed by atoms with Gasteiger partial charge >= 0.3 is 5.97 Å². The van der Waals surface area contributed by atoms with Gasteiger partial charge in [0.1, 0.15) is 6.04 Å². The van der Waals surface area contributed by atoms with Crippen molar-refractivity contribution in [3.05, 3.63) is 0 Å². The summed E-state index contributed by atoms with van der Waals surface area (Å²) in [5.41, 5.74) is -0.192. The normalized spacial score (nSPS) is 24.1. The first-order chi connectivity index (χ1) is 8.24. The van der Waals surface area contributed by atoms with Gasteiger partial charge in [-0.25, -0.2) is 0 Å². The number of carbonyl (C=O) groups excluding carboxylic acids is 1. The van der Waals surface area contributed by atoms with Gasteiger partial charge in [0.2, 0.25) is 5.91 Å². The zero-order valence-electron chi connectivity index (χ0n) is 11.7. The van der Waals surface area contributed by atoms with Gasteiger partial charge in [-0.2, -0.15) is 0 Å². The minimum absolute atomic E-state index is 0.132. The van der Waals surface area contributed by atoms with Crippen LogP contribution in [0.3, 0.4) is 0 Å². The highest BCUT2D eigenvalue weighted by atomic mass is 16.4. The molecule has 0 radical (unpaired) electrons. The van der Waals surface area contributed by atoms with Gasteiger partial charge in [0.25, 0.3) is 0 Å². The standard InChI is InChI=1S/C13H24N2O3/c1-9(2)5-6-15-10(7-11(16)17)12(18)14-8-13(15,3)4/h9-10H,5-8H2,1-4H3,(H,14,18)(H,16,17). The number of carbonyl (C=O) groups is 2. The third-order valence-corrected chi connectivity index (χ3v) is 3.47. The number of piperazine rings is 1. The van der Waals surface area contributed by atoms with E-state index in [1.165, 1.54) is 0 Å². The Hall–Kier alpha value is -1.10. The second-order valence-corrected chi connectivity index (χ2v) is 6.02. The van der Waals surface area contributed by atoms with Gasteiger partial charge in [0.15, 0.2) is 0 Å². The van der Waals surface area contributed by atoms with Gasteiger partial charge in [0, 0.05) is 12.1 Å². The van der Waals surface area contributed by atoms with E-state index in [0.717, 1.165) is 13.0 Å². The van der Waals surface area contributed by atoms with Crippen molar-refractivity contribution in [2.75, 3.05) is 13.1 Å². The predicted molar refractivity (Wildman–Crippen MR) is 69.3 cm³/mol. The van der Waals surface area contributed by atoms with E-state index >= 15 is 0 Å². The lowest BCUT2D eigenvalue weighted by molar-refractivity contribution is -0.146. The average molecular weight is 256 g/mol. The zero-order valence-corrected chi connectivity index (χ0v) is 11.7. The van der Waals surface area contributed by atoms with Crippen LogP contribution in [0.4, 0.5) is 0 Å². The lowest BCUT2D eigenvalue weighted by Gasteiger charge is -2.47. The van der Waals surface area contributed by atoms with Crippen molar-refractivity contribution in [2.24, 2.45) is 5.92 Å². The molecule has 5 heteroatoms. The van der Waals surface area contributed by atoms with E-state index in [1.54, 1.807) is 0 Å². The van der Waals surface area contributed by atoms with Crippen LogP contribution in [0.15, 0.2) is 0 Å². The quantitative estimate of drug-likeness (QED) is 0.772. The highest BCUT2D eigenvalue weighted by molar-refractivity contribution is 5.87. The summed E-state index contributed by atoms with van der Waals surface area (Å²) in [6.45, 7) is 9.67. The number of rotatable bonds is 5. The van der Waals surface area contributed by atoms with Crippen LogP contribution in [0.2, 0.25) is 0 Å². The van der Waals surface area contributed by atoms with E-state index in [2.05, 4.69) is 19.2 Å². The van der Waals surface area contributed by atoms with Gasteiger partial charge in [-0.1, -0.05) is 13.8 Å². The third kappa shape index (κ3) is 3.70. The fraction of sp³-hybridized carbons (Fsp3) is 0.846. The number of nitrogens with one attached hydrogen (secondary N) is 1. The Kier molecular flexibility index (Phi) is 4.73. The van der Waals surface area contributed by atoms with Gasteiger partial charge in [-0.15, -0.1) is 0 Å². The summed E-state index contributed by atoms with van der Waals surface area (Å²) in [6.07, 6.45) is 0.834. The van der Waals surface area contributed by atoms with Crippen molar-refractivity contribution >= 4 is 11.9 Å². The van der Waals surface area contributed by atoms with Crippen LogP contribution >= 0.6 is 0 Å². The molecule has 1 atom stereocenters. The topological polar surface area (TPSA) is 69.6 Å². The Labute approximate surface area is 109 Å². The van der Waals surface area contributed by atoms with E-state index in [-0.39, 0.29) is 17.9 Å². The highest BCUT2D eigenvalue weighted by Crippen LogP contribution is 2.24. The minimum Gasteiger partial charge on any atom is -0.481 e. The lowest BCUT2D eigenvalue weighted by atomic mass is 9.93. The molecule has 104 valence electrons. The molecule has 0 aromatic carbocycles. The molecule has 1 amide bonds. The summed E-state index contributed by atoms with van der Waals surface area (Å²) in [4.78, 5) is 24.8. The van der Waals surface area contributed by atoms with Crippen molar-refractivity contribution in [3.8, 4) is 0 Å². The number of carboxylic acids is 1. The summed E-state index contributed by atoms with van der Waals surface area (Å²) in [5, 5.41) is 11.7. The third-order valence-electron chi connectivity index (χ3n) is 3.47. The molecular weight excluding hydrogens is 232 g/mol. The fourth-order valence-electron chi connectivity index (χ4n) is 2.31. The molecule has 2 N–H and O–H groups in total. The summed E-state index contributed by atoms with van der Waals surface area (Å²) >= 11 is 0. The molecule has 1 fully saturated rings. The molecule has 0 aliphatic carbocycles. The highest BCUT2D eigenvalue weighted by Gasteiger charge is 2.41. The number of carboxylic acid groups (broad SMARTS) is 1. The van der Waals surface area contributed by atoms with Crippen LogP contribution in [0.5, 0.6) is 0 Å². The first kappa shape index (κ1) is 15.0. The smallest absolute Gasteiger partial charge is 0.305 e. The Bertz CT molecular complexity index is 326. The molecule has 0 spiro atoms. The Morgan fingerprint density at radius 1 is 1.56 bits per heavy atom. The van der Waals surface area contributed by atoms with Crippen molar-refractivity contribution in [1.29, 1.82) is 0 Å². The summed E-state index contributed by atoms with van der Waals surface area (Å²) in [5.74, 6) is -0.556. The SMILES string of the molecule is CC(C)CCN1C(CC(=O)O)C(=O)NCC1(C)C. The lowest BCUT2D eigenvalue weighted by Crippen LogP contribution is -2.66. The summed E-state index contributed by atoms with van der Waals surface area (Å²) in [6, 6.07) is -0.551. The maximum absolute atomic E-state index is 11.9. The van der Waals surface area contributed by atoms with E-state index < -0.39 is 12.0 Å². The molecule has 1 saturated heterocycles. The van der Waals surface area contributed by atoms with Crippen LogP contribution < -0.4 is 5.32 Å². The van der Waals surface area contributed by atoms with E-state index in [9.17, 15) is 9.59 Å². The molecule has 1 unspecified atom stereocenters. The largest absolute Gasteiger partial charge is 0.481 e. The second kappa shape index (κ2) is 5.69. The average Bonchev–Trinajstić information content (AvgIpc) is 2.22. The zero-order chi connectivity index (χ0) is 13.9. The molecule has 1 heterocycles. The first-order valence-corrected chi connectivity index (χ1v) is 6.50. The number of aliphatic carboxylic acids is 1. The number of hydrogen-bond donors (Lipinski definition) is 2. The first-order valence-electron chi connectivity index (χ1n) is 6.50. The van der Waals surface area contributed by atoms with E-state index in [4.69, 9.17) is 5.11 Å². The molecule has 0 aromatic heterocycles. The molecule has 0 aromatic rings. The maximum atomic E-state index is 11.9. The van der Waals surface area contributed by atoms with Crippen LogP contribution in [0.1, 0.15) is 40.5 Å². The van der Waals surface area contributed by atoms with Crippen LogP contribution in [-0.2, 0) is 9.59 Å². The van der Waals surface area contributed by atoms with Crippen LogP contribution in [-0.4, -0.2) is 46.6 Å². The molecule has 1 aliphatic rings. The number of hydrogen-bond acceptors (Lipinski definition) is 3. The van der Waals surface area contributed by atoms with E-state index in [1.807, 2.05) is 18.7 Å². The number of nitrogens with zero attached hydrogens (tertiary/aromatic N) is 1. The van der Waals surface area contributed by atoms with Crippen LogP contribution in [0, 0.1) is 5.92 Å². The van der Waals surface area contributed by atoms with Crippen molar-refractivity contribution < 1.29 is 14.7 Å². The Morgan fingerprint density at radius 2 is 2.17 bits per heavy atom. The van der Waals surface area contributed by atoms with Crippen molar-refractivity contribution in [1.82, 2.24) is 10.2 Å². The molecule has 1 aliphatic heterocycles. The maximum Gasteiger partial charge on any atom is 0.305 e. The summed E-state index contributed by atoms with van der Waals surface area (Å²) in [7, 11) is 0. The number of amides is 1. The molecule has 5 nitrogen and oxygen atoms in total. The summed E-state index contributed by atoms with van der Waals surface area (Å²) < 4.78 is 0. The minimum atomic E-state index is -0.928. The van der Waals surface area contributed by atoms with Crippen molar-refractivity contribution in [3.63, 3.8) is 0 Å². The van der Waals surface area contributed by atoms with Crippen LogP contribution in [0.25, 0.3) is 0 Å². The molecule has 0 saturated carbocycles. The van der Waals surface area contributed by atoms with Gasteiger partial charge in [-0.05, 0) is 32.7 Å². The van der Waals surface area contributed by atoms with Crippen molar-refractivity contribution in [2.45, 2.75) is 52.1 Å². The predicted octanol–water partition coefficient (Wildman–Crippen LogP) is 1.09. The molecule has 18 heavy (non-hydrogen) atoms. The van der Waals surface area contributed by atoms with Gasteiger partial charge < -0.3 is 10.4 Å². The second-order valence-electron chi connectivity index (χ2n) is 6.02. The van der Waals surface area contributed by atoms with E-state index in [0.29, 0.717) is 12.5 Å². The van der Waals surface area contributed by atoms with Gasteiger partial charge in [-0.3, -0.25) is 14.5 Å². The Balaban J connectivity index is 2.84. The Morgan fingerprint density at radius 3 is 2.67 bits per heavy atom. The molecular formula is C13H24N2O3.